The van der Waals surface area contributed by atoms with Crippen LogP contribution in [0.15, 0.2) is 18.2 Å². The van der Waals surface area contributed by atoms with Crippen LogP contribution in [0, 0.1) is 17.6 Å². The number of carbonyl (C=O) groups excluding carboxylic acids is 1. The highest BCUT2D eigenvalue weighted by molar-refractivity contribution is 5.79. The molecule has 116 valence electrons. The van der Waals surface area contributed by atoms with Gasteiger partial charge >= 0.3 is 0 Å². The van der Waals surface area contributed by atoms with Crippen molar-refractivity contribution in [1.82, 2.24) is 5.32 Å². The fourth-order valence-electron chi connectivity index (χ4n) is 2.92. The molecule has 3 unspecified atom stereocenters. The third-order valence-corrected chi connectivity index (χ3v) is 4.12. The van der Waals surface area contributed by atoms with E-state index in [2.05, 4.69) is 5.32 Å². The van der Waals surface area contributed by atoms with Crippen LogP contribution in [0.5, 0.6) is 0 Å². The third kappa shape index (κ3) is 4.00. The zero-order valence-electron chi connectivity index (χ0n) is 12.2. The molecule has 0 aliphatic heterocycles. The van der Waals surface area contributed by atoms with Gasteiger partial charge in [0.05, 0.1) is 5.92 Å². The first-order chi connectivity index (χ1) is 9.99. The van der Waals surface area contributed by atoms with Gasteiger partial charge in [0, 0.05) is 17.6 Å². The average Bonchev–Trinajstić information content (AvgIpc) is 2.43. The molecular weight excluding hydrogens is 274 g/mol. The molecule has 3 N–H and O–H groups in total. The molecule has 1 saturated carbocycles. The van der Waals surface area contributed by atoms with E-state index in [9.17, 15) is 13.6 Å². The van der Waals surface area contributed by atoms with E-state index < -0.39 is 11.6 Å². The Morgan fingerprint density at radius 3 is 2.57 bits per heavy atom. The largest absolute Gasteiger partial charge is 0.353 e. The monoisotopic (exact) mass is 296 g/mol. The molecule has 1 fully saturated rings. The van der Waals surface area contributed by atoms with Gasteiger partial charge in [0.15, 0.2) is 0 Å². The van der Waals surface area contributed by atoms with Crippen molar-refractivity contribution in [2.45, 2.75) is 51.1 Å². The van der Waals surface area contributed by atoms with E-state index >= 15 is 0 Å². The van der Waals surface area contributed by atoms with E-state index in [1.54, 1.807) is 6.92 Å². The molecule has 0 bridgehead atoms. The summed E-state index contributed by atoms with van der Waals surface area (Å²) in [5, 5.41) is 2.83. The second-order valence-electron chi connectivity index (χ2n) is 5.87. The average molecular weight is 296 g/mol. The van der Waals surface area contributed by atoms with Gasteiger partial charge in [0.25, 0.3) is 0 Å². The van der Waals surface area contributed by atoms with Gasteiger partial charge in [-0.1, -0.05) is 18.9 Å². The van der Waals surface area contributed by atoms with Crippen LogP contribution in [-0.4, -0.2) is 18.0 Å². The van der Waals surface area contributed by atoms with Crippen LogP contribution in [-0.2, 0) is 11.2 Å². The van der Waals surface area contributed by atoms with Crippen LogP contribution in [0.25, 0.3) is 0 Å². The number of nitrogens with one attached hydrogen (secondary N) is 1. The number of amides is 1. The maximum atomic E-state index is 13.6. The molecule has 1 aromatic carbocycles. The van der Waals surface area contributed by atoms with Gasteiger partial charge in [-0.2, -0.15) is 0 Å². The number of nitrogens with two attached hydrogens (primary N) is 1. The highest BCUT2D eigenvalue weighted by Crippen LogP contribution is 2.23. The lowest BCUT2D eigenvalue weighted by molar-refractivity contribution is -0.127. The van der Waals surface area contributed by atoms with Gasteiger partial charge in [-0.15, -0.1) is 0 Å². The molecule has 0 heterocycles. The van der Waals surface area contributed by atoms with Crippen LogP contribution in [0.1, 0.15) is 38.2 Å². The Morgan fingerprint density at radius 1 is 1.33 bits per heavy atom. The number of hydrogen-bond donors (Lipinski definition) is 2. The summed E-state index contributed by atoms with van der Waals surface area (Å²) >= 11 is 0. The molecule has 1 amide bonds. The third-order valence-electron chi connectivity index (χ3n) is 4.12. The van der Waals surface area contributed by atoms with Crippen molar-refractivity contribution < 1.29 is 13.6 Å². The fourth-order valence-corrected chi connectivity index (χ4v) is 2.92. The second-order valence-corrected chi connectivity index (χ2v) is 5.87. The number of hydrogen-bond acceptors (Lipinski definition) is 2. The Hall–Kier alpha value is -1.49. The van der Waals surface area contributed by atoms with E-state index in [0.717, 1.165) is 25.7 Å². The predicted octanol–water partition coefficient (Wildman–Crippen LogP) is 2.53. The topological polar surface area (TPSA) is 55.1 Å². The smallest absolute Gasteiger partial charge is 0.224 e. The molecule has 0 aromatic heterocycles. The predicted molar refractivity (Wildman–Crippen MR) is 77.6 cm³/mol. The van der Waals surface area contributed by atoms with Crippen LogP contribution in [0.4, 0.5) is 8.78 Å². The maximum absolute atomic E-state index is 13.6. The van der Waals surface area contributed by atoms with E-state index in [0.29, 0.717) is 0 Å². The zero-order chi connectivity index (χ0) is 15.4. The van der Waals surface area contributed by atoms with Crippen molar-refractivity contribution in [2.75, 3.05) is 0 Å². The summed E-state index contributed by atoms with van der Waals surface area (Å²) in [5.41, 5.74) is 5.99. The molecule has 21 heavy (non-hydrogen) atoms. The van der Waals surface area contributed by atoms with Gasteiger partial charge in [-0.3, -0.25) is 4.79 Å². The lowest BCUT2D eigenvalue weighted by atomic mass is 9.84. The summed E-state index contributed by atoms with van der Waals surface area (Å²) < 4.78 is 27.2. The van der Waals surface area contributed by atoms with E-state index in [1.165, 1.54) is 18.2 Å². The second kappa shape index (κ2) is 6.98. The van der Waals surface area contributed by atoms with Gasteiger partial charge in [-0.25, -0.2) is 8.78 Å². The minimum absolute atomic E-state index is 0.0123. The number of benzene rings is 1. The van der Waals surface area contributed by atoms with Crippen LogP contribution in [0.2, 0.25) is 0 Å². The minimum Gasteiger partial charge on any atom is -0.353 e. The Morgan fingerprint density at radius 2 is 1.95 bits per heavy atom. The van der Waals surface area contributed by atoms with Gasteiger partial charge < -0.3 is 11.1 Å². The highest BCUT2D eigenvalue weighted by Gasteiger charge is 2.29. The van der Waals surface area contributed by atoms with Crippen LogP contribution in [0.3, 0.4) is 0 Å². The summed E-state index contributed by atoms with van der Waals surface area (Å²) in [6.07, 6.45) is 3.83. The van der Waals surface area contributed by atoms with Crippen molar-refractivity contribution >= 4 is 5.91 Å². The molecule has 3 nitrogen and oxygen atoms in total. The van der Waals surface area contributed by atoms with Crippen molar-refractivity contribution in [3.63, 3.8) is 0 Å². The van der Waals surface area contributed by atoms with Crippen molar-refractivity contribution in [1.29, 1.82) is 0 Å². The minimum atomic E-state index is -0.578. The van der Waals surface area contributed by atoms with E-state index in [-0.39, 0.29) is 35.9 Å². The van der Waals surface area contributed by atoms with E-state index in [1.807, 2.05) is 0 Å². The molecule has 0 radical (unpaired) electrons. The van der Waals surface area contributed by atoms with Crippen LogP contribution < -0.4 is 11.1 Å². The summed E-state index contributed by atoms with van der Waals surface area (Å²) in [4.78, 5) is 12.2. The quantitative estimate of drug-likeness (QED) is 0.897. The molecule has 1 aliphatic carbocycles. The van der Waals surface area contributed by atoms with Crippen molar-refractivity contribution in [2.24, 2.45) is 11.7 Å². The molecular formula is C16H22F2N2O. The first kappa shape index (κ1) is 15.9. The summed E-state index contributed by atoms with van der Waals surface area (Å²) in [5.74, 6) is -1.45. The summed E-state index contributed by atoms with van der Waals surface area (Å²) in [7, 11) is 0. The van der Waals surface area contributed by atoms with E-state index in [4.69, 9.17) is 5.73 Å². The van der Waals surface area contributed by atoms with Gasteiger partial charge in [0.1, 0.15) is 11.6 Å². The van der Waals surface area contributed by atoms with Crippen molar-refractivity contribution in [3.8, 4) is 0 Å². The Kier molecular flexibility index (Phi) is 5.28. The fraction of sp³-hybridized carbons (Fsp3) is 0.562. The maximum Gasteiger partial charge on any atom is 0.224 e. The van der Waals surface area contributed by atoms with Gasteiger partial charge in [-0.05, 0) is 38.3 Å². The number of carbonyl (C=O) groups is 1. The molecule has 1 aliphatic rings. The molecule has 2 rings (SSSR count). The molecule has 5 heteroatoms. The highest BCUT2D eigenvalue weighted by atomic mass is 19.1. The number of rotatable bonds is 4. The molecule has 3 atom stereocenters. The number of halogens is 2. The normalized spacial score (nSPS) is 23.6. The lowest BCUT2D eigenvalue weighted by Gasteiger charge is -2.28. The van der Waals surface area contributed by atoms with Crippen molar-refractivity contribution in [3.05, 3.63) is 35.4 Å². The Balaban J connectivity index is 1.95. The Bertz CT molecular complexity index is 487. The van der Waals surface area contributed by atoms with Gasteiger partial charge in [0.2, 0.25) is 5.91 Å². The lowest BCUT2D eigenvalue weighted by Crippen LogP contribution is -2.46. The first-order valence-corrected chi connectivity index (χ1v) is 7.48. The SMILES string of the molecule is CC(Cc1c(F)cccc1F)NC(=O)C1CCCCC1N. The summed E-state index contributed by atoms with van der Waals surface area (Å²) in [6, 6.07) is 3.33. The molecule has 1 aromatic rings. The first-order valence-electron chi connectivity index (χ1n) is 7.48. The van der Waals surface area contributed by atoms with Crippen LogP contribution >= 0.6 is 0 Å². The standard InChI is InChI=1S/C16H22F2N2O/c1-10(9-12-13(17)6-4-7-14(12)18)20-16(21)11-5-2-3-8-15(11)19/h4,6-7,10-11,15H,2-3,5,8-9,19H2,1H3,(H,20,21). The Labute approximate surface area is 123 Å². The molecule has 0 saturated heterocycles. The molecule has 0 spiro atoms. The zero-order valence-corrected chi connectivity index (χ0v) is 12.2. The summed E-state index contributed by atoms with van der Waals surface area (Å²) in [6.45, 7) is 1.75.